The van der Waals surface area contributed by atoms with E-state index in [1.807, 2.05) is 0 Å². The highest BCUT2D eigenvalue weighted by Gasteiger charge is 2.33. The molecule has 0 saturated heterocycles. The van der Waals surface area contributed by atoms with Crippen LogP contribution in [0.15, 0.2) is 52.9 Å². The number of aldehydes is 1. The van der Waals surface area contributed by atoms with Crippen LogP contribution in [0.2, 0.25) is 5.02 Å². The first-order valence-corrected chi connectivity index (χ1v) is 8.11. The number of hydrogen-bond donors (Lipinski definition) is 0. The number of rotatable bonds is 5. The summed E-state index contributed by atoms with van der Waals surface area (Å²) in [6.07, 6.45) is -4.94. The molecule has 0 amide bonds. The normalized spacial score (nSPS) is 16.5. The third-order valence-electron chi connectivity index (χ3n) is 3.94. The summed E-state index contributed by atoms with van der Waals surface area (Å²) in [5.74, 6) is 0. The monoisotopic (exact) mass is 413 g/mol. The maximum atomic E-state index is 12.7. The van der Waals surface area contributed by atoms with Crippen molar-refractivity contribution >= 4 is 29.3 Å². The molecule has 0 radical (unpaired) electrons. The van der Waals surface area contributed by atoms with Crippen molar-refractivity contribution in [3.05, 3.63) is 68.7 Å². The van der Waals surface area contributed by atoms with Crippen LogP contribution in [-0.4, -0.2) is 22.4 Å². The average molecular weight is 414 g/mol. The molecule has 1 aliphatic heterocycles. The number of nitro benzene ring substituents is 1. The Labute approximate surface area is 160 Å². The van der Waals surface area contributed by atoms with Crippen LogP contribution in [0.4, 0.5) is 24.5 Å². The van der Waals surface area contributed by atoms with Gasteiger partial charge in [-0.1, -0.05) is 22.9 Å². The van der Waals surface area contributed by atoms with Gasteiger partial charge >= 0.3 is 6.18 Å². The van der Waals surface area contributed by atoms with Gasteiger partial charge in [0.1, 0.15) is 5.02 Å². The summed E-state index contributed by atoms with van der Waals surface area (Å²) in [6, 6.07) is 8.20. The number of carbonyl (C=O) groups excluding carboxylic acids is 1. The Morgan fingerprint density at radius 1 is 1.18 bits per heavy atom. The molecular weight excluding hydrogens is 403 g/mol. The maximum absolute atomic E-state index is 12.7. The van der Waals surface area contributed by atoms with Crippen LogP contribution >= 0.6 is 11.6 Å². The Balaban J connectivity index is 1.77. The van der Waals surface area contributed by atoms with E-state index in [1.165, 1.54) is 40.3 Å². The lowest BCUT2D eigenvalue weighted by Crippen LogP contribution is -2.39. The largest absolute Gasteiger partial charge is 0.416 e. The van der Waals surface area contributed by atoms with Crippen molar-refractivity contribution in [3.8, 4) is 0 Å². The molecular formula is C16H11ClF3N5O3. The van der Waals surface area contributed by atoms with Crippen molar-refractivity contribution in [2.75, 3.05) is 5.01 Å². The Kier molecular flexibility index (Phi) is 5.18. The van der Waals surface area contributed by atoms with Crippen molar-refractivity contribution < 1.29 is 22.9 Å². The highest BCUT2D eigenvalue weighted by molar-refractivity contribution is 6.32. The fraction of sp³-hybridized carbons (Fsp3) is 0.188. The van der Waals surface area contributed by atoms with Crippen molar-refractivity contribution in [2.45, 2.75) is 18.9 Å². The number of carbonyl (C=O) groups is 1. The van der Waals surface area contributed by atoms with Gasteiger partial charge in [0.05, 0.1) is 22.7 Å². The highest BCUT2D eigenvalue weighted by atomic mass is 35.5. The van der Waals surface area contributed by atoms with Gasteiger partial charge < -0.3 is 0 Å². The van der Waals surface area contributed by atoms with Gasteiger partial charge in [-0.3, -0.25) is 14.9 Å². The van der Waals surface area contributed by atoms with Gasteiger partial charge in [0.15, 0.2) is 12.5 Å². The van der Waals surface area contributed by atoms with E-state index >= 15 is 0 Å². The summed E-state index contributed by atoms with van der Waals surface area (Å²) in [5, 5.41) is 20.9. The fourth-order valence-electron chi connectivity index (χ4n) is 2.57. The zero-order valence-electron chi connectivity index (χ0n) is 13.9. The van der Waals surface area contributed by atoms with Crippen LogP contribution in [-0.2, 0) is 17.5 Å². The van der Waals surface area contributed by atoms with Gasteiger partial charge in [-0.25, -0.2) is 10.0 Å². The number of nitrogens with zero attached hydrogens (tertiary/aromatic N) is 5. The minimum atomic E-state index is -4.48. The summed E-state index contributed by atoms with van der Waals surface area (Å²) in [6.45, 7) is 0.0573. The summed E-state index contributed by atoms with van der Waals surface area (Å²) in [4.78, 5) is 21.7. The van der Waals surface area contributed by atoms with Crippen LogP contribution in [0.3, 0.4) is 0 Å². The third-order valence-corrected chi connectivity index (χ3v) is 4.24. The predicted octanol–water partition coefficient (Wildman–Crippen LogP) is 4.40. The number of halogens is 4. The standard InChI is InChI=1S/C16H11ClF3N5O3/c17-13-7-10(1-6-14(13)25(27)28)8-23-15(9-26)24(22-21-23)12-4-2-11(3-5-12)16(18,19)20/h1-7,9,15H,8H2. The molecule has 1 unspecified atom stereocenters. The van der Waals surface area contributed by atoms with Gasteiger partial charge in [-0.2, -0.15) is 13.2 Å². The Bertz CT molecular complexity index is 936. The molecule has 0 aromatic heterocycles. The van der Waals surface area contributed by atoms with Gasteiger partial charge in [-0.05, 0) is 41.1 Å². The zero-order valence-corrected chi connectivity index (χ0v) is 14.6. The molecule has 0 bridgehead atoms. The number of nitro groups is 1. The van der Waals surface area contributed by atoms with E-state index in [1.54, 1.807) is 0 Å². The van der Waals surface area contributed by atoms with Crippen LogP contribution in [0.5, 0.6) is 0 Å². The zero-order chi connectivity index (χ0) is 20.5. The van der Waals surface area contributed by atoms with E-state index in [0.29, 0.717) is 11.8 Å². The second-order valence-electron chi connectivity index (χ2n) is 5.76. The number of anilines is 1. The summed E-state index contributed by atoms with van der Waals surface area (Å²) in [7, 11) is 0. The van der Waals surface area contributed by atoms with Gasteiger partial charge in [0, 0.05) is 6.07 Å². The van der Waals surface area contributed by atoms with Gasteiger partial charge in [-0.15, -0.1) is 0 Å². The van der Waals surface area contributed by atoms with Crippen LogP contribution in [0.25, 0.3) is 0 Å². The number of hydrogen-bond acceptors (Lipinski definition) is 7. The molecule has 0 aliphatic carbocycles. The topological polar surface area (TPSA) is 91.4 Å². The SMILES string of the molecule is O=CC1N(Cc2ccc([N+](=O)[O-])c(Cl)c2)N=NN1c1ccc(C(F)(F)F)cc1. The lowest BCUT2D eigenvalue weighted by Gasteiger charge is -2.23. The van der Waals surface area contributed by atoms with Gasteiger partial charge in [0.2, 0.25) is 0 Å². The molecule has 0 N–H and O–H groups in total. The fourth-order valence-corrected chi connectivity index (χ4v) is 2.84. The van der Waals surface area contributed by atoms with Crippen molar-refractivity contribution in [1.29, 1.82) is 0 Å². The van der Waals surface area contributed by atoms with Crippen molar-refractivity contribution in [1.82, 2.24) is 5.01 Å². The molecule has 146 valence electrons. The van der Waals surface area contributed by atoms with E-state index in [4.69, 9.17) is 11.6 Å². The minimum absolute atomic E-state index is 0.0573. The molecule has 1 heterocycles. The minimum Gasteiger partial charge on any atom is -0.299 e. The maximum Gasteiger partial charge on any atom is 0.416 e. The van der Waals surface area contributed by atoms with E-state index in [2.05, 4.69) is 10.4 Å². The molecule has 12 heteroatoms. The second kappa shape index (κ2) is 7.43. The summed E-state index contributed by atoms with van der Waals surface area (Å²) >= 11 is 5.87. The molecule has 1 atom stereocenters. The first kappa shape index (κ1) is 19.5. The summed E-state index contributed by atoms with van der Waals surface area (Å²) in [5.41, 5.74) is -0.298. The molecule has 3 rings (SSSR count). The Hall–Kier alpha value is -3.21. The molecule has 0 spiro atoms. The molecule has 2 aromatic carbocycles. The average Bonchev–Trinajstić information content (AvgIpc) is 3.03. The number of alkyl halides is 3. The molecule has 2 aromatic rings. The van der Waals surface area contributed by atoms with E-state index in [9.17, 15) is 28.1 Å². The predicted molar refractivity (Wildman–Crippen MR) is 92.3 cm³/mol. The van der Waals surface area contributed by atoms with Crippen LogP contribution in [0.1, 0.15) is 11.1 Å². The Morgan fingerprint density at radius 3 is 2.39 bits per heavy atom. The molecule has 28 heavy (non-hydrogen) atoms. The van der Waals surface area contributed by atoms with Crippen molar-refractivity contribution in [2.24, 2.45) is 10.4 Å². The van der Waals surface area contributed by atoms with E-state index in [-0.39, 0.29) is 22.9 Å². The third kappa shape index (κ3) is 3.88. The molecule has 0 saturated carbocycles. The number of benzene rings is 2. The summed E-state index contributed by atoms with van der Waals surface area (Å²) < 4.78 is 38.0. The van der Waals surface area contributed by atoms with Gasteiger partial charge in [0.25, 0.3) is 5.69 Å². The quantitative estimate of drug-likeness (QED) is 0.411. The van der Waals surface area contributed by atoms with Crippen LogP contribution in [0, 0.1) is 10.1 Å². The molecule has 1 aliphatic rings. The Morgan fingerprint density at radius 2 is 1.86 bits per heavy atom. The van der Waals surface area contributed by atoms with E-state index < -0.39 is 22.8 Å². The molecule has 0 fully saturated rings. The van der Waals surface area contributed by atoms with Crippen LogP contribution < -0.4 is 5.01 Å². The first-order chi connectivity index (χ1) is 13.2. The van der Waals surface area contributed by atoms with E-state index in [0.717, 1.165) is 12.1 Å². The lowest BCUT2D eigenvalue weighted by atomic mass is 10.2. The van der Waals surface area contributed by atoms with Crippen molar-refractivity contribution in [3.63, 3.8) is 0 Å². The first-order valence-electron chi connectivity index (χ1n) is 7.73. The lowest BCUT2D eigenvalue weighted by molar-refractivity contribution is -0.384. The highest BCUT2D eigenvalue weighted by Crippen LogP contribution is 2.33. The molecule has 8 nitrogen and oxygen atoms in total. The second-order valence-corrected chi connectivity index (χ2v) is 6.17. The smallest absolute Gasteiger partial charge is 0.299 e.